The van der Waals surface area contributed by atoms with Gasteiger partial charge in [0.25, 0.3) is 0 Å². The Morgan fingerprint density at radius 2 is 1.58 bits per heavy atom. The highest BCUT2D eigenvalue weighted by atomic mass is 16.4. The third-order valence-electron chi connectivity index (χ3n) is 2.59. The van der Waals surface area contributed by atoms with Gasteiger partial charge in [-0.1, -0.05) is 45.9 Å². The van der Waals surface area contributed by atoms with Crippen LogP contribution in [-0.4, -0.2) is 16.1 Å². The number of rotatable bonds is 1. The molecule has 1 N–H and O–H groups in total. The van der Waals surface area contributed by atoms with Crippen LogP contribution in [0.25, 0.3) is 10.9 Å². The van der Waals surface area contributed by atoms with Gasteiger partial charge in [-0.15, -0.1) is 0 Å². The van der Waals surface area contributed by atoms with Gasteiger partial charge >= 0.3 is 5.97 Å². The first-order chi connectivity index (χ1) is 9.11. The van der Waals surface area contributed by atoms with Crippen molar-refractivity contribution in [2.24, 2.45) is 0 Å². The summed E-state index contributed by atoms with van der Waals surface area (Å²) in [6.45, 7) is 11.6. The van der Waals surface area contributed by atoms with E-state index >= 15 is 0 Å². The molecule has 0 radical (unpaired) electrons. The number of aromatic carboxylic acids is 1. The van der Waals surface area contributed by atoms with Crippen LogP contribution in [-0.2, 0) is 0 Å². The summed E-state index contributed by atoms with van der Waals surface area (Å²) in [5, 5.41) is 9.86. The van der Waals surface area contributed by atoms with E-state index in [4.69, 9.17) is 5.11 Å². The Labute approximate surface area is 115 Å². The molecule has 0 saturated carbocycles. The molecule has 0 unspecified atom stereocenters. The molecule has 0 aliphatic rings. The van der Waals surface area contributed by atoms with Gasteiger partial charge in [-0.3, -0.25) is 4.98 Å². The largest absolute Gasteiger partial charge is 0.478 e. The Morgan fingerprint density at radius 3 is 2.11 bits per heavy atom. The highest BCUT2D eigenvalue weighted by molar-refractivity contribution is 6.03. The molecule has 19 heavy (non-hydrogen) atoms. The number of aryl methyl sites for hydroxylation is 1. The predicted molar refractivity (Wildman–Crippen MR) is 80.9 cm³/mol. The molecule has 0 spiro atoms. The number of pyridine rings is 1. The van der Waals surface area contributed by atoms with Crippen molar-refractivity contribution in [3.63, 3.8) is 0 Å². The first-order valence-electron chi connectivity index (χ1n) is 6.70. The number of carboxylic acid groups (broad SMARTS) is 1. The molecule has 3 nitrogen and oxygen atoms in total. The molecule has 0 fully saturated rings. The minimum Gasteiger partial charge on any atom is -0.478 e. The van der Waals surface area contributed by atoms with Gasteiger partial charge < -0.3 is 5.11 Å². The summed E-state index contributed by atoms with van der Waals surface area (Å²) in [6.07, 6.45) is 0. The van der Waals surface area contributed by atoms with Gasteiger partial charge in [0.15, 0.2) is 0 Å². The van der Waals surface area contributed by atoms with Crippen molar-refractivity contribution < 1.29 is 9.90 Å². The van der Waals surface area contributed by atoms with Crippen LogP contribution in [0.3, 0.4) is 0 Å². The van der Waals surface area contributed by atoms with Gasteiger partial charge in [-0.2, -0.15) is 0 Å². The Balaban J connectivity index is 0.000000741. The maximum Gasteiger partial charge on any atom is 0.336 e. The quantitative estimate of drug-likeness (QED) is 0.816. The lowest BCUT2D eigenvalue weighted by Crippen LogP contribution is -2.04. The van der Waals surface area contributed by atoms with Gasteiger partial charge in [0.1, 0.15) is 0 Å². The van der Waals surface area contributed by atoms with Gasteiger partial charge in [0, 0.05) is 11.1 Å². The second-order valence-electron chi connectivity index (χ2n) is 3.52. The van der Waals surface area contributed by atoms with E-state index in [1.807, 2.05) is 52.8 Å². The van der Waals surface area contributed by atoms with Crippen LogP contribution < -0.4 is 0 Å². The third-order valence-corrected chi connectivity index (χ3v) is 2.59. The molecule has 0 amide bonds. The van der Waals surface area contributed by atoms with Crippen molar-refractivity contribution in [1.82, 2.24) is 4.98 Å². The Bertz CT molecular complexity index is 548. The normalized spacial score (nSPS) is 8.95. The lowest BCUT2D eigenvalue weighted by atomic mass is 10.0. The Kier molecular flexibility index (Phi) is 7.42. The number of hydrogen-bond acceptors (Lipinski definition) is 2. The zero-order chi connectivity index (χ0) is 15.0. The highest BCUT2D eigenvalue weighted by Crippen LogP contribution is 2.22. The zero-order valence-electron chi connectivity index (χ0n) is 12.6. The molecule has 0 bridgehead atoms. The summed E-state index contributed by atoms with van der Waals surface area (Å²) in [4.78, 5) is 15.5. The van der Waals surface area contributed by atoms with Gasteiger partial charge in [-0.05, 0) is 25.5 Å². The topological polar surface area (TPSA) is 50.2 Å². The van der Waals surface area contributed by atoms with Gasteiger partial charge in [-0.25, -0.2) is 4.79 Å². The number of para-hydroxylation sites is 1. The smallest absolute Gasteiger partial charge is 0.336 e. The molecule has 0 aliphatic carbocycles. The van der Waals surface area contributed by atoms with Crippen LogP contribution in [0.4, 0.5) is 0 Å². The van der Waals surface area contributed by atoms with Crippen LogP contribution in [0.2, 0.25) is 0 Å². The van der Waals surface area contributed by atoms with Crippen molar-refractivity contribution >= 4 is 16.9 Å². The predicted octanol–water partition coefficient (Wildman–Crippen LogP) is 4.60. The number of aromatic nitrogens is 1. The Hall–Kier alpha value is -1.90. The number of carbonyl (C=O) groups is 1. The molecular formula is C16H23NO2. The van der Waals surface area contributed by atoms with Gasteiger partial charge in [0.2, 0.25) is 0 Å². The lowest BCUT2D eigenvalue weighted by Gasteiger charge is -2.08. The first kappa shape index (κ1) is 17.1. The molecule has 2 aromatic rings. The maximum atomic E-state index is 11.2. The number of hydrogen-bond donors (Lipinski definition) is 1. The van der Waals surface area contributed by atoms with Crippen LogP contribution in [0.5, 0.6) is 0 Å². The highest BCUT2D eigenvalue weighted by Gasteiger charge is 2.14. The average Bonchev–Trinajstić information content (AvgIpc) is 2.44. The zero-order valence-corrected chi connectivity index (χ0v) is 12.6. The molecule has 104 valence electrons. The van der Waals surface area contributed by atoms with E-state index < -0.39 is 5.97 Å². The van der Waals surface area contributed by atoms with E-state index in [0.29, 0.717) is 10.9 Å². The van der Waals surface area contributed by atoms with Crippen LogP contribution in [0.1, 0.15) is 49.3 Å². The molecule has 1 aromatic heterocycles. The molecular weight excluding hydrogens is 238 g/mol. The number of nitrogens with zero attached hydrogens (tertiary/aromatic N) is 1. The molecule has 2 rings (SSSR count). The van der Waals surface area contributed by atoms with E-state index in [-0.39, 0.29) is 0 Å². The molecule has 1 heterocycles. The molecule has 0 atom stereocenters. The second-order valence-corrected chi connectivity index (χ2v) is 3.52. The van der Waals surface area contributed by atoms with E-state index in [2.05, 4.69) is 4.98 Å². The van der Waals surface area contributed by atoms with E-state index in [0.717, 1.165) is 16.8 Å². The molecule has 0 saturated heterocycles. The van der Waals surface area contributed by atoms with Crippen LogP contribution in [0.15, 0.2) is 24.3 Å². The standard InChI is InChI=1S/C12H11NO2.2C2H6/c1-7-8(2)13-10-6-4-3-5-9(10)11(7)12(14)15;2*1-2/h3-6H,1-2H3,(H,14,15);2*1-2H3. The van der Waals surface area contributed by atoms with Crippen molar-refractivity contribution in [3.8, 4) is 0 Å². The number of fused-ring (bicyclic) bond motifs is 1. The van der Waals surface area contributed by atoms with Crippen LogP contribution >= 0.6 is 0 Å². The SMILES string of the molecule is CC.CC.Cc1nc2ccccc2c(C(=O)O)c1C. The summed E-state index contributed by atoms with van der Waals surface area (Å²) < 4.78 is 0. The summed E-state index contributed by atoms with van der Waals surface area (Å²) in [5.74, 6) is -0.894. The summed E-state index contributed by atoms with van der Waals surface area (Å²) in [5.41, 5.74) is 2.60. The fourth-order valence-corrected chi connectivity index (χ4v) is 1.71. The van der Waals surface area contributed by atoms with E-state index in [9.17, 15) is 4.79 Å². The average molecular weight is 261 g/mol. The minimum absolute atomic E-state index is 0.359. The van der Waals surface area contributed by atoms with Crippen molar-refractivity contribution in [3.05, 3.63) is 41.1 Å². The summed E-state index contributed by atoms with van der Waals surface area (Å²) in [6, 6.07) is 7.30. The van der Waals surface area contributed by atoms with Crippen LogP contribution in [0, 0.1) is 13.8 Å². The van der Waals surface area contributed by atoms with E-state index in [1.165, 1.54) is 0 Å². The van der Waals surface area contributed by atoms with Crippen molar-refractivity contribution in [2.75, 3.05) is 0 Å². The molecule has 0 aliphatic heterocycles. The lowest BCUT2D eigenvalue weighted by molar-refractivity contribution is 0.0698. The first-order valence-corrected chi connectivity index (χ1v) is 6.70. The minimum atomic E-state index is -0.894. The van der Waals surface area contributed by atoms with E-state index in [1.54, 1.807) is 13.0 Å². The third kappa shape index (κ3) is 3.78. The molecule has 3 heteroatoms. The fraction of sp³-hybridized carbons (Fsp3) is 0.375. The summed E-state index contributed by atoms with van der Waals surface area (Å²) >= 11 is 0. The molecule has 1 aromatic carbocycles. The maximum absolute atomic E-state index is 11.2. The van der Waals surface area contributed by atoms with Gasteiger partial charge in [0.05, 0.1) is 11.1 Å². The van der Waals surface area contributed by atoms with Crippen molar-refractivity contribution in [1.29, 1.82) is 0 Å². The summed E-state index contributed by atoms with van der Waals surface area (Å²) in [7, 11) is 0. The fourth-order valence-electron chi connectivity index (χ4n) is 1.71. The monoisotopic (exact) mass is 261 g/mol. The number of benzene rings is 1. The Morgan fingerprint density at radius 1 is 1.05 bits per heavy atom. The number of carboxylic acids is 1. The van der Waals surface area contributed by atoms with Crippen molar-refractivity contribution in [2.45, 2.75) is 41.5 Å². The second kappa shape index (κ2) is 8.25.